The number of aromatic nitrogens is 1. The van der Waals surface area contributed by atoms with Crippen molar-refractivity contribution >= 4 is 21.9 Å². The number of rotatable bonds is 10. The average molecular weight is 495 g/mol. The number of sulfonamides is 1. The molecule has 1 aromatic heterocycles. The fraction of sp³-hybridized carbons (Fsp3) is 0.370. The number of hydrogen-bond donors (Lipinski definition) is 3. The summed E-state index contributed by atoms with van der Waals surface area (Å²) in [5.41, 5.74) is 3.06. The molecule has 4 rings (SSSR count). The van der Waals surface area contributed by atoms with Crippen molar-refractivity contribution in [3.05, 3.63) is 78.1 Å². The molecule has 0 spiro atoms. The predicted molar refractivity (Wildman–Crippen MR) is 140 cm³/mol. The van der Waals surface area contributed by atoms with Crippen molar-refractivity contribution in [1.82, 2.24) is 9.88 Å². The Morgan fingerprint density at radius 3 is 2.57 bits per heavy atom. The normalized spacial score (nSPS) is 15.9. The standard InChI is InChI=1S/C27H34N4O3S/c1-21(17-22-7-3-2-4-8-22)28-19-24-9-5-6-10-27(24)30-35(33,34)26-13-11-25(12-14-26)31-16-15-23(20-31)18-29-32/h5-6,9-16,18,20-22,28,30,32H,2-4,7-8,17,19H2,1H3/t21-/m0/s1. The number of anilines is 1. The van der Waals surface area contributed by atoms with Gasteiger partial charge in [0.15, 0.2) is 0 Å². The minimum absolute atomic E-state index is 0.193. The highest BCUT2D eigenvalue weighted by Gasteiger charge is 2.18. The Bertz CT molecular complexity index is 1230. The van der Waals surface area contributed by atoms with Crippen LogP contribution in [-0.2, 0) is 16.6 Å². The van der Waals surface area contributed by atoms with Gasteiger partial charge in [-0.25, -0.2) is 8.42 Å². The summed E-state index contributed by atoms with van der Waals surface area (Å²) in [6, 6.07) is 16.4. The average Bonchev–Trinajstić information content (AvgIpc) is 3.33. The first-order valence-electron chi connectivity index (χ1n) is 12.2. The summed E-state index contributed by atoms with van der Waals surface area (Å²) in [4.78, 5) is 0.193. The first-order chi connectivity index (χ1) is 16.9. The van der Waals surface area contributed by atoms with Gasteiger partial charge < -0.3 is 15.1 Å². The summed E-state index contributed by atoms with van der Waals surface area (Å²) >= 11 is 0. The van der Waals surface area contributed by atoms with Gasteiger partial charge in [-0.2, -0.15) is 0 Å². The van der Waals surface area contributed by atoms with E-state index in [0.717, 1.165) is 29.2 Å². The molecule has 3 N–H and O–H groups in total. The van der Waals surface area contributed by atoms with Crippen LogP contribution >= 0.6 is 0 Å². The van der Waals surface area contributed by atoms with Crippen molar-refractivity contribution in [3.8, 4) is 5.69 Å². The summed E-state index contributed by atoms with van der Waals surface area (Å²) < 4.78 is 30.8. The van der Waals surface area contributed by atoms with E-state index in [-0.39, 0.29) is 4.90 Å². The Morgan fingerprint density at radius 2 is 1.83 bits per heavy atom. The minimum Gasteiger partial charge on any atom is -0.411 e. The van der Waals surface area contributed by atoms with Crippen LogP contribution in [0.2, 0.25) is 0 Å². The molecule has 1 saturated carbocycles. The second-order valence-corrected chi connectivity index (χ2v) is 11.1. The molecule has 35 heavy (non-hydrogen) atoms. The quantitative estimate of drug-likeness (QED) is 0.196. The van der Waals surface area contributed by atoms with Crippen LogP contribution in [0.5, 0.6) is 0 Å². The Hall–Kier alpha value is -3.10. The number of oxime groups is 1. The maximum absolute atomic E-state index is 13.1. The third-order valence-electron chi connectivity index (χ3n) is 6.68. The third-order valence-corrected chi connectivity index (χ3v) is 8.06. The second-order valence-electron chi connectivity index (χ2n) is 9.37. The van der Waals surface area contributed by atoms with Crippen molar-refractivity contribution in [2.24, 2.45) is 11.1 Å². The van der Waals surface area contributed by atoms with E-state index in [1.165, 1.54) is 38.3 Å². The molecule has 1 aliphatic carbocycles. The summed E-state index contributed by atoms with van der Waals surface area (Å²) in [6.45, 7) is 2.83. The zero-order valence-corrected chi connectivity index (χ0v) is 20.9. The highest BCUT2D eigenvalue weighted by Crippen LogP contribution is 2.27. The molecule has 0 amide bonds. The molecule has 1 aliphatic rings. The second kappa shape index (κ2) is 11.6. The van der Waals surface area contributed by atoms with E-state index in [9.17, 15) is 8.42 Å². The molecular weight excluding hydrogens is 460 g/mol. The van der Waals surface area contributed by atoms with E-state index in [0.29, 0.717) is 18.3 Å². The lowest BCUT2D eigenvalue weighted by atomic mass is 9.85. The van der Waals surface area contributed by atoms with Crippen molar-refractivity contribution in [2.75, 3.05) is 4.72 Å². The van der Waals surface area contributed by atoms with Gasteiger partial charge in [0, 0.05) is 36.2 Å². The van der Waals surface area contributed by atoms with Crippen molar-refractivity contribution in [3.63, 3.8) is 0 Å². The van der Waals surface area contributed by atoms with E-state index in [2.05, 4.69) is 22.1 Å². The van der Waals surface area contributed by atoms with E-state index >= 15 is 0 Å². The first kappa shape index (κ1) is 25.0. The van der Waals surface area contributed by atoms with Crippen molar-refractivity contribution in [1.29, 1.82) is 0 Å². The third kappa shape index (κ3) is 6.74. The summed E-state index contributed by atoms with van der Waals surface area (Å²) in [5.74, 6) is 0.795. The van der Waals surface area contributed by atoms with Crippen LogP contribution in [-0.4, -0.2) is 30.4 Å². The van der Waals surface area contributed by atoms with Crippen LogP contribution in [0.25, 0.3) is 5.69 Å². The van der Waals surface area contributed by atoms with Crippen LogP contribution in [0.15, 0.2) is 77.0 Å². The molecule has 0 bridgehead atoms. The van der Waals surface area contributed by atoms with Gasteiger partial charge in [0.2, 0.25) is 0 Å². The smallest absolute Gasteiger partial charge is 0.261 e. The molecule has 1 fully saturated rings. The first-order valence-corrected chi connectivity index (χ1v) is 13.7. The molecule has 186 valence electrons. The van der Waals surface area contributed by atoms with Crippen LogP contribution < -0.4 is 10.0 Å². The molecule has 7 nitrogen and oxygen atoms in total. The lowest BCUT2D eigenvalue weighted by molar-refractivity contribution is 0.305. The highest BCUT2D eigenvalue weighted by atomic mass is 32.2. The van der Waals surface area contributed by atoms with E-state index in [1.807, 2.05) is 29.0 Å². The largest absolute Gasteiger partial charge is 0.411 e. The molecule has 0 radical (unpaired) electrons. The van der Waals surface area contributed by atoms with Gasteiger partial charge in [-0.15, -0.1) is 0 Å². The van der Waals surface area contributed by atoms with Gasteiger partial charge in [0.1, 0.15) is 0 Å². The van der Waals surface area contributed by atoms with Crippen LogP contribution in [0.4, 0.5) is 5.69 Å². The molecule has 1 atom stereocenters. The maximum Gasteiger partial charge on any atom is 0.261 e. The van der Waals surface area contributed by atoms with E-state index in [1.54, 1.807) is 42.6 Å². The lowest BCUT2D eigenvalue weighted by Crippen LogP contribution is -2.29. The monoisotopic (exact) mass is 494 g/mol. The lowest BCUT2D eigenvalue weighted by Gasteiger charge is -2.25. The van der Waals surface area contributed by atoms with Gasteiger partial charge in [-0.05, 0) is 61.2 Å². The molecule has 0 aliphatic heterocycles. The Kier molecular flexibility index (Phi) is 8.25. The van der Waals surface area contributed by atoms with Gasteiger partial charge in [-0.3, -0.25) is 4.72 Å². The number of nitrogens with one attached hydrogen (secondary N) is 2. The van der Waals surface area contributed by atoms with Gasteiger partial charge in [0.25, 0.3) is 10.0 Å². The fourth-order valence-electron chi connectivity index (χ4n) is 4.78. The molecule has 3 aromatic rings. The van der Waals surface area contributed by atoms with Crippen LogP contribution in [0, 0.1) is 5.92 Å². The molecule has 2 aromatic carbocycles. The van der Waals surface area contributed by atoms with Gasteiger partial charge in [0.05, 0.1) is 16.8 Å². The van der Waals surface area contributed by atoms with E-state index < -0.39 is 10.0 Å². The fourth-order valence-corrected chi connectivity index (χ4v) is 5.88. The maximum atomic E-state index is 13.1. The SMILES string of the molecule is C[C@@H](CC1CCCCC1)NCc1ccccc1NS(=O)(=O)c1ccc(-n2ccc(C=NO)c2)cc1. The minimum atomic E-state index is -3.74. The number of para-hydroxylation sites is 1. The molecule has 1 heterocycles. The molecule has 0 saturated heterocycles. The van der Waals surface area contributed by atoms with Gasteiger partial charge in [-0.1, -0.05) is 55.5 Å². The Morgan fingerprint density at radius 1 is 1.09 bits per heavy atom. The van der Waals surface area contributed by atoms with Crippen LogP contribution in [0.1, 0.15) is 56.6 Å². The summed E-state index contributed by atoms with van der Waals surface area (Å²) in [7, 11) is -3.74. The molecule has 0 unspecified atom stereocenters. The molecular formula is C27H34N4O3S. The summed E-state index contributed by atoms with van der Waals surface area (Å²) in [6.07, 6.45) is 12.8. The number of hydrogen-bond acceptors (Lipinski definition) is 5. The highest BCUT2D eigenvalue weighted by molar-refractivity contribution is 7.92. The van der Waals surface area contributed by atoms with E-state index in [4.69, 9.17) is 5.21 Å². The van der Waals surface area contributed by atoms with Crippen molar-refractivity contribution in [2.45, 2.75) is 62.9 Å². The Balaban J connectivity index is 1.40. The van der Waals surface area contributed by atoms with Crippen molar-refractivity contribution < 1.29 is 13.6 Å². The zero-order valence-electron chi connectivity index (χ0n) is 20.1. The zero-order chi connectivity index (χ0) is 24.7. The Labute approximate surface area is 207 Å². The number of nitrogens with zero attached hydrogens (tertiary/aromatic N) is 2. The predicted octanol–water partition coefficient (Wildman–Crippen LogP) is 5.53. The van der Waals surface area contributed by atoms with Crippen LogP contribution in [0.3, 0.4) is 0 Å². The molecule has 8 heteroatoms. The van der Waals surface area contributed by atoms with Gasteiger partial charge >= 0.3 is 0 Å². The topological polar surface area (TPSA) is 95.7 Å². The number of benzene rings is 2. The summed E-state index contributed by atoms with van der Waals surface area (Å²) in [5, 5.41) is 15.3.